The summed E-state index contributed by atoms with van der Waals surface area (Å²) in [6.45, 7) is 4.16. The van der Waals surface area contributed by atoms with Crippen LogP contribution in [-0.2, 0) is 11.3 Å². The third kappa shape index (κ3) is 2.42. The van der Waals surface area contributed by atoms with E-state index in [0.29, 0.717) is 5.39 Å². The smallest absolute Gasteiger partial charge is 0.407 e. The molecule has 0 spiro atoms. The van der Waals surface area contributed by atoms with Gasteiger partial charge in [0, 0.05) is 11.9 Å². The van der Waals surface area contributed by atoms with Gasteiger partial charge >= 0.3 is 6.09 Å². The quantitative estimate of drug-likeness (QED) is 0.884. The Hall–Kier alpha value is -2.10. The fraction of sp³-hybridized carbons (Fsp3) is 0.143. The van der Waals surface area contributed by atoms with E-state index in [0.717, 1.165) is 16.5 Å². The Morgan fingerprint density at radius 1 is 1.39 bits per heavy atom. The Morgan fingerprint density at radius 3 is 2.89 bits per heavy atom. The second-order valence-corrected chi connectivity index (χ2v) is 3.94. The number of rotatable bonds is 2. The van der Waals surface area contributed by atoms with Gasteiger partial charge in [0.05, 0.1) is 7.11 Å². The highest BCUT2D eigenvalue weighted by atomic mass is 19.1. The number of hydrogen-bond acceptors (Lipinski definition) is 2. The summed E-state index contributed by atoms with van der Waals surface area (Å²) in [5.74, 6) is -0.294. The van der Waals surface area contributed by atoms with Crippen molar-refractivity contribution >= 4 is 16.9 Å². The zero-order chi connectivity index (χ0) is 13.1. The summed E-state index contributed by atoms with van der Waals surface area (Å²) in [5.41, 5.74) is 1.51. The molecule has 18 heavy (non-hydrogen) atoms. The van der Waals surface area contributed by atoms with E-state index in [1.165, 1.54) is 13.2 Å². The van der Waals surface area contributed by atoms with Crippen LogP contribution in [0.3, 0.4) is 0 Å². The molecule has 0 aliphatic carbocycles. The van der Waals surface area contributed by atoms with Gasteiger partial charge in [-0.1, -0.05) is 18.2 Å². The minimum absolute atomic E-state index is 0.277. The first-order chi connectivity index (χ1) is 8.61. The first kappa shape index (κ1) is 12.4. The third-order valence-electron chi connectivity index (χ3n) is 2.71. The van der Waals surface area contributed by atoms with Crippen molar-refractivity contribution in [2.75, 3.05) is 7.11 Å². The number of amides is 1. The number of methoxy groups -OCH3 is 1. The van der Waals surface area contributed by atoms with Gasteiger partial charge in [-0.05, 0) is 35.6 Å². The first-order valence-electron chi connectivity index (χ1n) is 5.46. The highest BCUT2D eigenvalue weighted by molar-refractivity contribution is 5.87. The minimum Gasteiger partial charge on any atom is -0.453 e. The molecule has 0 unspecified atom stereocenters. The van der Waals surface area contributed by atoms with E-state index in [2.05, 4.69) is 17.0 Å². The molecule has 2 rings (SSSR count). The number of alkyl carbamates (subject to hydrolysis) is 1. The summed E-state index contributed by atoms with van der Waals surface area (Å²) in [6.07, 6.45) is -0.519. The summed E-state index contributed by atoms with van der Waals surface area (Å²) in [7, 11) is 1.29. The Morgan fingerprint density at radius 2 is 2.17 bits per heavy atom. The van der Waals surface area contributed by atoms with Crippen molar-refractivity contribution in [3.8, 4) is 0 Å². The van der Waals surface area contributed by atoms with Crippen molar-refractivity contribution in [3.63, 3.8) is 0 Å². The van der Waals surface area contributed by atoms with Crippen molar-refractivity contribution in [2.45, 2.75) is 6.54 Å². The van der Waals surface area contributed by atoms with Gasteiger partial charge in [0.15, 0.2) is 0 Å². The molecule has 93 valence electrons. The molecule has 2 aromatic carbocycles. The van der Waals surface area contributed by atoms with Gasteiger partial charge < -0.3 is 10.1 Å². The normalized spacial score (nSPS) is 10.4. The molecule has 1 N–H and O–H groups in total. The van der Waals surface area contributed by atoms with Gasteiger partial charge in [0.25, 0.3) is 0 Å². The maximum Gasteiger partial charge on any atom is 0.407 e. The van der Waals surface area contributed by atoms with Crippen LogP contribution in [0.25, 0.3) is 10.8 Å². The lowest BCUT2D eigenvalue weighted by Crippen LogP contribution is -2.22. The van der Waals surface area contributed by atoms with Gasteiger partial charge in [0.2, 0.25) is 0 Å². The van der Waals surface area contributed by atoms with Crippen molar-refractivity contribution in [3.05, 3.63) is 54.2 Å². The van der Waals surface area contributed by atoms with Gasteiger partial charge in [0.1, 0.15) is 5.82 Å². The molecule has 2 aromatic rings. The predicted molar refractivity (Wildman–Crippen MR) is 67.6 cm³/mol. The van der Waals surface area contributed by atoms with Gasteiger partial charge in [-0.3, -0.25) is 0 Å². The summed E-state index contributed by atoms with van der Waals surface area (Å²) in [6, 6.07) is 8.39. The highest BCUT2D eigenvalue weighted by Crippen LogP contribution is 2.23. The molecule has 0 aromatic heterocycles. The molecule has 0 saturated carbocycles. The van der Waals surface area contributed by atoms with E-state index in [9.17, 15) is 9.18 Å². The van der Waals surface area contributed by atoms with Crippen LogP contribution >= 0.6 is 0 Å². The summed E-state index contributed by atoms with van der Waals surface area (Å²) in [4.78, 5) is 11.0. The molecule has 0 saturated heterocycles. The Labute approximate surface area is 105 Å². The molecule has 0 fully saturated rings. The molecule has 0 bridgehead atoms. The Bertz CT molecular complexity index is 596. The fourth-order valence-corrected chi connectivity index (χ4v) is 1.84. The number of halogens is 1. The predicted octanol–water partition coefficient (Wildman–Crippen LogP) is 3.02. The molecule has 1 radical (unpaired) electrons. The van der Waals surface area contributed by atoms with Crippen LogP contribution in [-0.4, -0.2) is 13.2 Å². The van der Waals surface area contributed by atoms with Crippen molar-refractivity contribution < 1.29 is 13.9 Å². The molecular weight excluding hydrogens is 233 g/mol. The van der Waals surface area contributed by atoms with E-state index < -0.39 is 6.09 Å². The monoisotopic (exact) mass is 246 g/mol. The fourth-order valence-electron chi connectivity index (χ4n) is 1.84. The first-order valence-corrected chi connectivity index (χ1v) is 5.46. The van der Waals surface area contributed by atoms with Crippen LogP contribution in [0.15, 0.2) is 30.3 Å². The largest absolute Gasteiger partial charge is 0.453 e. The van der Waals surface area contributed by atoms with Crippen LogP contribution in [0, 0.1) is 12.7 Å². The second-order valence-electron chi connectivity index (χ2n) is 3.94. The SMILES string of the molecule is [CH2]c1cc(CNC(=O)OC)cc2c(F)cccc12. The number of carbonyl (C=O) groups is 1. The number of ether oxygens (including phenoxy) is 1. The summed E-state index contributed by atoms with van der Waals surface area (Å²) >= 11 is 0. The van der Waals surface area contributed by atoms with Gasteiger partial charge in [-0.15, -0.1) is 0 Å². The van der Waals surface area contributed by atoms with Gasteiger partial charge in [-0.25, -0.2) is 9.18 Å². The van der Waals surface area contributed by atoms with E-state index in [-0.39, 0.29) is 12.4 Å². The average molecular weight is 246 g/mol. The van der Waals surface area contributed by atoms with E-state index in [4.69, 9.17) is 0 Å². The van der Waals surface area contributed by atoms with Crippen molar-refractivity contribution in [1.82, 2.24) is 5.32 Å². The second kappa shape index (κ2) is 5.04. The molecule has 0 heterocycles. The number of hydrogen-bond donors (Lipinski definition) is 1. The van der Waals surface area contributed by atoms with Crippen LogP contribution in [0.4, 0.5) is 9.18 Å². The maximum absolute atomic E-state index is 13.7. The maximum atomic E-state index is 13.7. The molecule has 0 aliphatic heterocycles. The summed E-state index contributed by atoms with van der Waals surface area (Å²) < 4.78 is 18.1. The van der Waals surface area contributed by atoms with Crippen molar-refractivity contribution in [2.24, 2.45) is 0 Å². The lowest BCUT2D eigenvalue weighted by molar-refractivity contribution is 0.170. The molecule has 0 aliphatic rings. The molecule has 1 amide bonds. The van der Waals surface area contributed by atoms with Crippen molar-refractivity contribution in [1.29, 1.82) is 0 Å². The topological polar surface area (TPSA) is 38.3 Å². The molecular formula is C14H13FNO2. The zero-order valence-electron chi connectivity index (χ0n) is 10.00. The molecule has 0 atom stereocenters. The van der Waals surface area contributed by atoms with E-state index >= 15 is 0 Å². The Kier molecular flexibility index (Phi) is 3.46. The van der Waals surface area contributed by atoms with Crippen LogP contribution in [0.1, 0.15) is 11.1 Å². The van der Waals surface area contributed by atoms with Crippen LogP contribution in [0.5, 0.6) is 0 Å². The highest BCUT2D eigenvalue weighted by Gasteiger charge is 2.06. The lowest BCUT2D eigenvalue weighted by Gasteiger charge is -2.08. The minimum atomic E-state index is -0.519. The number of carbonyl (C=O) groups excluding carboxylic acids is 1. The van der Waals surface area contributed by atoms with Crippen LogP contribution < -0.4 is 5.32 Å². The van der Waals surface area contributed by atoms with Gasteiger partial charge in [-0.2, -0.15) is 0 Å². The third-order valence-corrected chi connectivity index (χ3v) is 2.71. The molecule has 3 nitrogen and oxygen atoms in total. The zero-order valence-corrected chi connectivity index (χ0v) is 10.00. The Balaban J connectivity index is 2.36. The average Bonchev–Trinajstić information content (AvgIpc) is 2.37. The number of fused-ring (bicyclic) bond motifs is 1. The van der Waals surface area contributed by atoms with E-state index in [1.807, 2.05) is 12.1 Å². The summed E-state index contributed by atoms with van der Waals surface area (Å²) in [5, 5.41) is 3.83. The van der Waals surface area contributed by atoms with Crippen LogP contribution in [0.2, 0.25) is 0 Å². The number of nitrogens with one attached hydrogen (secondary N) is 1. The lowest BCUT2D eigenvalue weighted by atomic mass is 10.0. The van der Waals surface area contributed by atoms with E-state index in [1.54, 1.807) is 12.1 Å². The molecule has 4 heteroatoms. The number of benzene rings is 2. The standard InChI is InChI=1S/C14H13FNO2/c1-9-6-10(8-16-14(17)18-2)7-12-11(9)4-3-5-13(12)15/h3-7H,1,8H2,2H3,(H,16,17).